The van der Waals surface area contributed by atoms with Crippen LogP contribution in [0.4, 0.5) is 11.4 Å². The fourth-order valence-electron chi connectivity index (χ4n) is 10.0. The zero-order valence-electron chi connectivity index (χ0n) is 30.5. The van der Waals surface area contributed by atoms with E-state index in [1.165, 1.54) is 115 Å². The molecule has 2 aliphatic rings. The van der Waals surface area contributed by atoms with E-state index in [9.17, 15) is 0 Å². The maximum atomic E-state index is 2.61. The molecule has 0 heterocycles. The van der Waals surface area contributed by atoms with Gasteiger partial charge in [-0.2, -0.15) is 0 Å². The second-order valence-corrected chi connectivity index (χ2v) is 15.4. The van der Waals surface area contributed by atoms with Crippen molar-refractivity contribution >= 4 is 87.8 Å². The summed E-state index contributed by atoms with van der Waals surface area (Å²) < 4.78 is 0. The minimum atomic E-state index is 1.00. The van der Waals surface area contributed by atoms with Crippen molar-refractivity contribution in [3.8, 4) is 11.1 Å². The lowest BCUT2D eigenvalue weighted by Gasteiger charge is -2.35. The smallest absolute Gasteiger partial charge is 0.0540 e. The first-order valence-corrected chi connectivity index (χ1v) is 19.7. The fourth-order valence-corrected chi connectivity index (χ4v) is 10.0. The Hall–Kier alpha value is -6.70. The van der Waals surface area contributed by atoms with Gasteiger partial charge in [0.2, 0.25) is 0 Å². The lowest BCUT2D eigenvalue weighted by atomic mass is 9.84. The summed E-state index contributed by atoms with van der Waals surface area (Å²) in [7, 11) is 0. The third-order valence-electron chi connectivity index (χ3n) is 12.5. The predicted octanol–water partition coefficient (Wildman–Crippen LogP) is 13.8. The number of nitrogens with zero attached hydrogens (tertiary/aromatic N) is 1. The minimum Gasteiger partial charge on any atom is -0.309 e. The molecular weight excluding hydrogens is 663 g/mol. The first-order chi connectivity index (χ1) is 27.3. The van der Waals surface area contributed by atoms with Gasteiger partial charge >= 0.3 is 0 Å². The normalized spacial score (nSPS) is 13.8. The van der Waals surface area contributed by atoms with E-state index < -0.39 is 0 Å². The van der Waals surface area contributed by atoms with Crippen molar-refractivity contribution in [3.05, 3.63) is 192 Å². The highest BCUT2D eigenvalue weighted by atomic mass is 15.2. The zero-order chi connectivity index (χ0) is 36.0. The molecular formula is C54H37N. The molecule has 0 aromatic heterocycles. The van der Waals surface area contributed by atoms with Crippen molar-refractivity contribution in [2.45, 2.75) is 25.7 Å². The van der Waals surface area contributed by atoms with Crippen LogP contribution in [0.15, 0.2) is 170 Å². The quantitative estimate of drug-likeness (QED) is 0.131. The van der Waals surface area contributed by atoms with Gasteiger partial charge in [0.15, 0.2) is 0 Å². The molecule has 1 heteroatoms. The lowest BCUT2D eigenvalue weighted by Crippen LogP contribution is -2.22. The number of fused-ring (bicyclic) bond motifs is 6. The highest BCUT2D eigenvalue weighted by Crippen LogP contribution is 2.48. The number of hydrogen-bond acceptors (Lipinski definition) is 1. The summed E-state index contributed by atoms with van der Waals surface area (Å²) in [5.41, 5.74) is 10.6. The summed E-state index contributed by atoms with van der Waals surface area (Å²) >= 11 is 0. The van der Waals surface area contributed by atoms with E-state index >= 15 is 0 Å². The lowest BCUT2D eigenvalue weighted by molar-refractivity contribution is 0.965. The molecule has 0 N–H and O–H groups in total. The summed E-state index contributed by atoms with van der Waals surface area (Å²) in [6.07, 6.45) is 9.08. The third kappa shape index (κ3) is 4.60. The van der Waals surface area contributed by atoms with Gasteiger partial charge in [-0.05, 0) is 143 Å². The van der Waals surface area contributed by atoms with Crippen LogP contribution in [0.5, 0.6) is 0 Å². The van der Waals surface area contributed by atoms with Crippen molar-refractivity contribution in [3.63, 3.8) is 0 Å². The Kier molecular flexibility index (Phi) is 6.65. The van der Waals surface area contributed by atoms with Crippen molar-refractivity contribution in [2.75, 3.05) is 4.90 Å². The molecule has 0 aliphatic heterocycles. The summed E-state index contributed by atoms with van der Waals surface area (Å²) in [4.78, 5) is 2.61. The molecule has 10 aromatic rings. The standard InChI is InChI=1S/C54H37N/c1-2-15-38-31-48-40(30-37(38)14-1)32-49(44-22-8-7-21-43(44)48)45-28-27-39-33-52(47-23-9-18-36-26-29-46(45)54(39)53(36)47)55(50-24-10-16-34-12-3-5-19-41(34)50)51-25-11-17-35-13-4-6-20-42(35)51/h1-8,10,12-16,18-22,24-33H,9,11,17,23H2. The van der Waals surface area contributed by atoms with E-state index in [1.54, 1.807) is 0 Å². The van der Waals surface area contributed by atoms with Crippen LogP contribution in [0, 0.1) is 0 Å². The highest BCUT2D eigenvalue weighted by molar-refractivity contribution is 6.23. The first kappa shape index (κ1) is 30.7. The summed E-state index contributed by atoms with van der Waals surface area (Å²) in [5, 5.41) is 17.0. The van der Waals surface area contributed by atoms with E-state index in [1.807, 2.05) is 0 Å². The second kappa shape index (κ2) is 11.9. The largest absolute Gasteiger partial charge is 0.309 e. The molecule has 0 radical (unpaired) electrons. The molecule has 0 amide bonds. The first-order valence-electron chi connectivity index (χ1n) is 19.7. The molecule has 55 heavy (non-hydrogen) atoms. The Bertz CT molecular complexity index is 3320. The molecule has 1 nitrogen and oxygen atoms in total. The second-order valence-electron chi connectivity index (χ2n) is 15.4. The average Bonchev–Trinajstić information content (AvgIpc) is 3.25. The molecule has 0 unspecified atom stereocenters. The van der Waals surface area contributed by atoms with Gasteiger partial charge in [-0.3, -0.25) is 0 Å². The molecule has 0 saturated carbocycles. The van der Waals surface area contributed by atoms with E-state index in [-0.39, 0.29) is 0 Å². The van der Waals surface area contributed by atoms with Gasteiger partial charge in [-0.15, -0.1) is 0 Å². The molecule has 2 aliphatic carbocycles. The number of aryl methyl sites for hydroxylation is 2. The van der Waals surface area contributed by atoms with Gasteiger partial charge < -0.3 is 4.90 Å². The van der Waals surface area contributed by atoms with Gasteiger partial charge in [-0.25, -0.2) is 0 Å². The van der Waals surface area contributed by atoms with Crippen LogP contribution in [0.3, 0.4) is 0 Å². The topological polar surface area (TPSA) is 3.24 Å². The third-order valence-corrected chi connectivity index (χ3v) is 12.5. The van der Waals surface area contributed by atoms with Crippen molar-refractivity contribution in [1.29, 1.82) is 0 Å². The van der Waals surface area contributed by atoms with Gasteiger partial charge in [0.25, 0.3) is 0 Å². The van der Waals surface area contributed by atoms with Crippen molar-refractivity contribution in [2.24, 2.45) is 0 Å². The van der Waals surface area contributed by atoms with E-state index in [0.29, 0.717) is 0 Å². The SMILES string of the molecule is C1=C(N(c2cc3ccc(-c4cc5cc6ccccc6cc5c5ccccc45)c4ccc5c(c2CCC=5)c34)c2cccc3ccccc23)c2ccccc2CC1. The molecule has 12 rings (SSSR count). The number of hydrogen-bond donors (Lipinski definition) is 0. The van der Waals surface area contributed by atoms with E-state index in [4.69, 9.17) is 0 Å². The fraction of sp³-hybridized carbons (Fsp3) is 0.0741. The zero-order valence-corrected chi connectivity index (χ0v) is 30.5. The van der Waals surface area contributed by atoms with Crippen LogP contribution >= 0.6 is 0 Å². The minimum absolute atomic E-state index is 1.00. The van der Waals surface area contributed by atoms with E-state index in [2.05, 4.69) is 181 Å². The Labute approximate surface area is 320 Å². The summed E-state index contributed by atoms with van der Waals surface area (Å²) in [6.45, 7) is 0. The number of allylic oxidation sites excluding steroid dienone is 1. The molecule has 0 fully saturated rings. The van der Waals surface area contributed by atoms with Crippen molar-refractivity contribution < 1.29 is 0 Å². The van der Waals surface area contributed by atoms with Gasteiger partial charge in [0.1, 0.15) is 0 Å². The Balaban J connectivity index is 1.15. The molecule has 0 bridgehead atoms. The Morgan fingerprint density at radius 3 is 2.02 bits per heavy atom. The molecule has 258 valence electrons. The summed E-state index contributed by atoms with van der Waals surface area (Å²) in [6, 6.07) is 61.7. The number of anilines is 2. The summed E-state index contributed by atoms with van der Waals surface area (Å²) in [5.74, 6) is 0. The molecule has 0 atom stereocenters. The van der Waals surface area contributed by atoms with Gasteiger partial charge in [0, 0.05) is 16.6 Å². The number of rotatable bonds is 4. The Morgan fingerprint density at radius 2 is 1.11 bits per heavy atom. The molecule has 10 aromatic carbocycles. The van der Waals surface area contributed by atoms with Gasteiger partial charge in [-0.1, -0.05) is 146 Å². The van der Waals surface area contributed by atoms with Crippen LogP contribution in [-0.4, -0.2) is 0 Å². The maximum absolute atomic E-state index is 2.61. The molecule has 0 saturated heterocycles. The monoisotopic (exact) mass is 699 g/mol. The van der Waals surface area contributed by atoms with Crippen LogP contribution in [0.25, 0.3) is 87.5 Å². The highest BCUT2D eigenvalue weighted by Gasteiger charge is 2.27. The van der Waals surface area contributed by atoms with Crippen LogP contribution in [-0.2, 0) is 12.8 Å². The average molecular weight is 700 g/mol. The maximum Gasteiger partial charge on any atom is 0.0540 e. The van der Waals surface area contributed by atoms with Crippen LogP contribution < -0.4 is 10.1 Å². The predicted molar refractivity (Wildman–Crippen MR) is 236 cm³/mol. The van der Waals surface area contributed by atoms with Crippen LogP contribution in [0.1, 0.15) is 29.5 Å². The van der Waals surface area contributed by atoms with Crippen LogP contribution in [0.2, 0.25) is 0 Å². The Morgan fingerprint density at radius 1 is 0.364 bits per heavy atom. The number of benzene rings is 10. The van der Waals surface area contributed by atoms with E-state index in [0.717, 1.165) is 25.7 Å². The van der Waals surface area contributed by atoms with Gasteiger partial charge in [0.05, 0.1) is 11.4 Å². The van der Waals surface area contributed by atoms with Crippen molar-refractivity contribution in [1.82, 2.24) is 0 Å². The molecule has 0 spiro atoms.